The third kappa shape index (κ3) is 3.05. The summed E-state index contributed by atoms with van der Waals surface area (Å²) in [6.45, 7) is 0. The summed E-state index contributed by atoms with van der Waals surface area (Å²) in [5.41, 5.74) is 4.15. The molecule has 1 heterocycles. The highest BCUT2D eigenvalue weighted by molar-refractivity contribution is 7.99. The minimum absolute atomic E-state index is 0.00215. The van der Waals surface area contributed by atoms with Gasteiger partial charge in [-0.05, 0) is 30.7 Å². The summed E-state index contributed by atoms with van der Waals surface area (Å²) >= 11 is 1.66. The molecule has 0 radical (unpaired) electrons. The Bertz CT molecular complexity index is 481. The van der Waals surface area contributed by atoms with Gasteiger partial charge in [-0.25, -0.2) is 0 Å². The van der Waals surface area contributed by atoms with Crippen molar-refractivity contribution < 1.29 is 18.0 Å². The number of hydrogen-bond acceptors (Lipinski definition) is 3. The van der Waals surface area contributed by atoms with Crippen molar-refractivity contribution in [2.75, 3.05) is 17.2 Å². The molecule has 6 heteroatoms. The van der Waals surface area contributed by atoms with Gasteiger partial charge in [0.25, 0.3) is 0 Å². The molecular formula is C13H14F3NOS. The topological polar surface area (TPSA) is 43.1 Å². The third-order valence-corrected chi connectivity index (χ3v) is 4.42. The van der Waals surface area contributed by atoms with Crippen molar-refractivity contribution in [1.29, 1.82) is 0 Å². The zero-order chi connectivity index (χ0) is 14.0. The van der Waals surface area contributed by atoms with Crippen LogP contribution in [0.4, 0.5) is 18.9 Å². The molecule has 2 N–H and O–H groups in total. The normalized spacial score (nSPS) is 20.3. The molecule has 0 aromatic heterocycles. The van der Waals surface area contributed by atoms with E-state index in [2.05, 4.69) is 0 Å². The highest BCUT2D eigenvalue weighted by Gasteiger charge is 2.35. The lowest BCUT2D eigenvalue weighted by atomic mass is 9.92. The van der Waals surface area contributed by atoms with E-state index in [4.69, 9.17) is 5.73 Å². The van der Waals surface area contributed by atoms with E-state index in [1.165, 1.54) is 12.1 Å². The van der Waals surface area contributed by atoms with Gasteiger partial charge in [-0.2, -0.15) is 24.9 Å². The molecule has 0 bridgehead atoms. The molecule has 2 rings (SSSR count). The lowest BCUT2D eigenvalue weighted by Gasteiger charge is -2.21. The second-order valence-corrected chi connectivity index (χ2v) is 5.69. The number of rotatable bonds is 2. The molecule has 1 aromatic carbocycles. The van der Waals surface area contributed by atoms with E-state index in [0.29, 0.717) is 5.75 Å². The van der Waals surface area contributed by atoms with Gasteiger partial charge in [-0.15, -0.1) is 0 Å². The van der Waals surface area contributed by atoms with Crippen LogP contribution in [0.1, 0.15) is 28.8 Å². The minimum Gasteiger partial charge on any atom is -0.398 e. The maximum Gasteiger partial charge on any atom is 0.418 e. The summed E-state index contributed by atoms with van der Waals surface area (Å²) in [5.74, 6) is 1.18. The number of halogens is 3. The Kier molecular flexibility index (Phi) is 4.08. The van der Waals surface area contributed by atoms with E-state index in [1.807, 2.05) is 0 Å². The van der Waals surface area contributed by atoms with Crippen LogP contribution in [0.25, 0.3) is 0 Å². The van der Waals surface area contributed by atoms with Crippen LogP contribution in [0.2, 0.25) is 0 Å². The Morgan fingerprint density at radius 3 is 2.68 bits per heavy atom. The van der Waals surface area contributed by atoms with E-state index in [-0.39, 0.29) is 17.3 Å². The number of Topliss-reactive ketones (excluding diaryl/α,β-unsaturated/α-hetero) is 1. The maximum absolute atomic E-state index is 12.7. The molecule has 0 spiro atoms. The first-order valence-corrected chi connectivity index (χ1v) is 7.14. The van der Waals surface area contributed by atoms with Gasteiger partial charge in [0.15, 0.2) is 5.78 Å². The monoisotopic (exact) mass is 289 g/mol. The predicted molar refractivity (Wildman–Crippen MR) is 70.2 cm³/mol. The Balaban J connectivity index is 2.32. The highest BCUT2D eigenvalue weighted by Crippen LogP contribution is 2.36. The first-order chi connectivity index (χ1) is 8.91. The number of anilines is 1. The first kappa shape index (κ1) is 14.2. The van der Waals surface area contributed by atoms with E-state index in [9.17, 15) is 18.0 Å². The number of thioether (sulfide) groups is 1. The summed E-state index contributed by atoms with van der Waals surface area (Å²) < 4.78 is 38.2. The second-order valence-electron chi connectivity index (χ2n) is 4.54. The fourth-order valence-corrected chi connectivity index (χ4v) is 3.33. The van der Waals surface area contributed by atoms with Gasteiger partial charge in [0.05, 0.1) is 11.3 Å². The van der Waals surface area contributed by atoms with Crippen molar-refractivity contribution in [3.63, 3.8) is 0 Å². The molecule has 1 aliphatic heterocycles. The molecule has 1 aromatic rings. The van der Waals surface area contributed by atoms with Gasteiger partial charge in [0.2, 0.25) is 0 Å². The Morgan fingerprint density at radius 1 is 1.37 bits per heavy atom. The molecule has 2 nitrogen and oxygen atoms in total. The molecule has 1 aliphatic rings. The predicted octanol–water partition coefficient (Wildman–Crippen LogP) is 3.61. The van der Waals surface area contributed by atoms with Gasteiger partial charge in [0, 0.05) is 17.2 Å². The Labute approximate surface area is 113 Å². The van der Waals surface area contributed by atoms with Crippen LogP contribution in [0.5, 0.6) is 0 Å². The molecule has 1 fully saturated rings. The number of carbonyl (C=O) groups is 1. The molecule has 0 saturated carbocycles. The lowest BCUT2D eigenvalue weighted by molar-refractivity contribution is -0.136. The van der Waals surface area contributed by atoms with Crippen LogP contribution < -0.4 is 5.73 Å². The van der Waals surface area contributed by atoms with Crippen LogP contribution in [-0.2, 0) is 6.18 Å². The molecular weight excluding hydrogens is 275 g/mol. The van der Waals surface area contributed by atoms with Crippen molar-refractivity contribution in [2.45, 2.75) is 19.0 Å². The fraction of sp³-hybridized carbons (Fsp3) is 0.462. The van der Waals surface area contributed by atoms with E-state index < -0.39 is 17.4 Å². The summed E-state index contributed by atoms with van der Waals surface area (Å²) in [7, 11) is 0. The maximum atomic E-state index is 12.7. The average Bonchev–Trinajstić information content (AvgIpc) is 2.38. The van der Waals surface area contributed by atoms with E-state index in [1.54, 1.807) is 11.8 Å². The average molecular weight is 289 g/mol. The summed E-state index contributed by atoms with van der Waals surface area (Å²) in [5, 5.41) is 0. The first-order valence-electron chi connectivity index (χ1n) is 5.99. The number of nitrogen functional groups attached to an aromatic ring is 1. The smallest absolute Gasteiger partial charge is 0.398 e. The molecule has 0 amide bonds. The number of nitrogens with two attached hydrogens (primary N) is 1. The number of ketones is 1. The highest BCUT2D eigenvalue weighted by atomic mass is 32.2. The SMILES string of the molecule is Nc1c(C(=O)C2CCCSC2)cccc1C(F)(F)F. The summed E-state index contributed by atoms with van der Waals surface area (Å²) in [4.78, 5) is 12.2. The number of alkyl halides is 3. The van der Waals surface area contributed by atoms with Crippen LogP contribution in [0.3, 0.4) is 0 Å². The molecule has 1 unspecified atom stereocenters. The van der Waals surface area contributed by atoms with E-state index >= 15 is 0 Å². The van der Waals surface area contributed by atoms with Crippen molar-refractivity contribution in [3.05, 3.63) is 29.3 Å². The third-order valence-electron chi connectivity index (χ3n) is 3.21. The van der Waals surface area contributed by atoms with E-state index in [0.717, 1.165) is 24.7 Å². The number of para-hydroxylation sites is 1. The largest absolute Gasteiger partial charge is 0.418 e. The number of hydrogen-bond donors (Lipinski definition) is 1. The molecule has 1 saturated heterocycles. The van der Waals surface area contributed by atoms with Gasteiger partial charge in [-0.1, -0.05) is 6.07 Å². The number of carbonyl (C=O) groups excluding carboxylic acids is 1. The fourth-order valence-electron chi connectivity index (χ4n) is 2.19. The van der Waals surface area contributed by atoms with Gasteiger partial charge in [0.1, 0.15) is 0 Å². The lowest BCUT2D eigenvalue weighted by Crippen LogP contribution is -2.23. The number of benzene rings is 1. The summed E-state index contributed by atoms with van der Waals surface area (Å²) in [6.07, 6.45) is -2.89. The molecule has 19 heavy (non-hydrogen) atoms. The standard InChI is InChI=1S/C13H14F3NOS/c14-13(15,16)10-5-1-4-9(11(10)17)12(18)8-3-2-6-19-7-8/h1,4-5,8H,2-3,6-7,17H2. The van der Waals surface area contributed by atoms with Crippen LogP contribution in [0.15, 0.2) is 18.2 Å². The van der Waals surface area contributed by atoms with Gasteiger partial charge >= 0.3 is 6.18 Å². The zero-order valence-electron chi connectivity index (χ0n) is 10.2. The van der Waals surface area contributed by atoms with Crippen molar-refractivity contribution in [2.24, 2.45) is 5.92 Å². The zero-order valence-corrected chi connectivity index (χ0v) is 11.0. The van der Waals surface area contributed by atoms with Gasteiger partial charge in [-0.3, -0.25) is 4.79 Å². The van der Waals surface area contributed by atoms with Gasteiger partial charge < -0.3 is 5.73 Å². The van der Waals surface area contributed by atoms with Crippen molar-refractivity contribution >= 4 is 23.2 Å². The van der Waals surface area contributed by atoms with Crippen LogP contribution in [-0.4, -0.2) is 17.3 Å². The molecule has 1 atom stereocenters. The van der Waals surface area contributed by atoms with Crippen LogP contribution >= 0.6 is 11.8 Å². The minimum atomic E-state index is -4.53. The quantitative estimate of drug-likeness (QED) is 0.668. The Morgan fingerprint density at radius 2 is 2.11 bits per heavy atom. The van der Waals surface area contributed by atoms with Crippen LogP contribution in [0, 0.1) is 5.92 Å². The second kappa shape index (κ2) is 5.45. The van der Waals surface area contributed by atoms with Crippen molar-refractivity contribution in [1.82, 2.24) is 0 Å². The van der Waals surface area contributed by atoms with Crippen molar-refractivity contribution in [3.8, 4) is 0 Å². The molecule has 0 aliphatic carbocycles. The molecule has 104 valence electrons. The summed E-state index contributed by atoms with van der Waals surface area (Å²) in [6, 6.07) is 3.52. The Hall–Kier alpha value is -1.17.